The van der Waals surface area contributed by atoms with Gasteiger partial charge in [-0.2, -0.15) is 0 Å². The predicted molar refractivity (Wildman–Crippen MR) is 62.0 cm³/mol. The largest absolute Gasteiger partial charge is 0.388 e. The summed E-state index contributed by atoms with van der Waals surface area (Å²) in [5, 5.41) is 17.6. The molecule has 4 nitrogen and oxygen atoms in total. The molecule has 0 bridgehead atoms. The van der Waals surface area contributed by atoms with E-state index in [2.05, 4.69) is 28.6 Å². The standard InChI is InChI=1S/C12H21N3O/c1-9(2)7-15-11(8-16)13-14-12(15)10-5-3-4-6-10/h9-10,16H,3-8H2,1-2H3. The maximum Gasteiger partial charge on any atom is 0.158 e. The molecule has 0 amide bonds. The summed E-state index contributed by atoms with van der Waals surface area (Å²) in [6.45, 7) is 5.26. The average molecular weight is 223 g/mol. The molecule has 1 saturated carbocycles. The van der Waals surface area contributed by atoms with Gasteiger partial charge >= 0.3 is 0 Å². The van der Waals surface area contributed by atoms with Crippen LogP contribution in [0.5, 0.6) is 0 Å². The van der Waals surface area contributed by atoms with Gasteiger partial charge in [-0.3, -0.25) is 0 Å². The van der Waals surface area contributed by atoms with Crippen LogP contribution >= 0.6 is 0 Å². The van der Waals surface area contributed by atoms with E-state index in [1.165, 1.54) is 25.7 Å². The van der Waals surface area contributed by atoms with Gasteiger partial charge < -0.3 is 9.67 Å². The number of aliphatic hydroxyl groups is 1. The highest BCUT2D eigenvalue weighted by molar-refractivity contribution is 5.03. The van der Waals surface area contributed by atoms with Gasteiger partial charge in [0.15, 0.2) is 5.82 Å². The first-order valence-electron chi connectivity index (χ1n) is 6.25. The SMILES string of the molecule is CC(C)Cn1c(CO)nnc1C1CCCC1. The van der Waals surface area contributed by atoms with Crippen molar-refractivity contribution in [2.75, 3.05) is 0 Å². The minimum atomic E-state index is -0.00750. The van der Waals surface area contributed by atoms with E-state index in [4.69, 9.17) is 0 Å². The van der Waals surface area contributed by atoms with E-state index in [0.29, 0.717) is 11.8 Å². The molecule has 0 aliphatic heterocycles. The van der Waals surface area contributed by atoms with Crippen LogP contribution in [-0.2, 0) is 13.2 Å². The van der Waals surface area contributed by atoms with Gasteiger partial charge in [-0.1, -0.05) is 26.7 Å². The summed E-state index contributed by atoms with van der Waals surface area (Å²) in [5.41, 5.74) is 0. The Morgan fingerprint density at radius 1 is 1.31 bits per heavy atom. The Bertz CT molecular complexity index is 340. The van der Waals surface area contributed by atoms with Gasteiger partial charge in [-0.05, 0) is 18.8 Å². The van der Waals surface area contributed by atoms with Crippen molar-refractivity contribution >= 4 is 0 Å². The summed E-state index contributed by atoms with van der Waals surface area (Å²) in [5.74, 6) is 2.93. The summed E-state index contributed by atoms with van der Waals surface area (Å²) in [4.78, 5) is 0. The minimum Gasteiger partial charge on any atom is -0.388 e. The number of hydrogen-bond donors (Lipinski definition) is 1. The van der Waals surface area contributed by atoms with Crippen molar-refractivity contribution in [1.82, 2.24) is 14.8 Å². The highest BCUT2D eigenvalue weighted by Gasteiger charge is 2.24. The van der Waals surface area contributed by atoms with Gasteiger partial charge in [0.25, 0.3) is 0 Å². The second kappa shape index (κ2) is 4.95. The van der Waals surface area contributed by atoms with Crippen LogP contribution in [0.1, 0.15) is 57.1 Å². The molecule has 1 aromatic heterocycles. The predicted octanol–water partition coefficient (Wildman–Crippen LogP) is 2.08. The van der Waals surface area contributed by atoms with E-state index >= 15 is 0 Å². The van der Waals surface area contributed by atoms with E-state index in [-0.39, 0.29) is 6.61 Å². The Morgan fingerprint density at radius 3 is 2.56 bits per heavy atom. The Balaban J connectivity index is 2.25. The summed E-state index contributed by atoms with van der Waals surface area (Å²) < 4.78 is 2.13. The van der Waals surface area contributed by atoms with Crippen molar-refractivity contribution in [3.8, 4) is 0 Å². The molecule has 90 valence electrons. The summed E-state index contributed by atoms with van der Waals surface area (Å²) in [7, 11) is 0. The Kier molecular flexibility index (Phi) is 3.59. The smallest absolute Gasteiger partial charge is 0.158 e. The first kappa shape index (κ1) is 11.6. The van der Waals surface area contributed by atoms with Crippen molar-refractivity contribution in [1.29, 1.82) is 0 Å². The molecule has 1 fully saturated rings. The van der Waals surface area contributed by atoms with Gasteiger partial charge in [0, 0.05) is 12.5 Å². The highest BCUT2D eigenvalue weighted by Crippen LogP contribution is 2.33. The fraction of sp³-hybridized carbons (Fsp3) is 0.833. The molecule has 1 aliphatic carbocycles. The van der Waals surface area contributed by atoms with E-state index in [0.717, 1.165) is 18.2 Å². The van der Waals surface area contributed by atoms with Crippen LogP contribution in [0, 0.1) is 5.92 Å². The van der Waals surface area contributed by atoms with Gasteiger partial charge in [0.1, 0.15) is 12.4 Å². The molecule has 0 unspecified atom stereocenters. The zero-order valence-electron chi connectivity index (χ0n) is 10.2. The molecule has 0 aromatic carbocycles. The fourth-order valence-corrected chi connectivity index (χ4v) is 2.52. The lowest BCUT2D eigenvalue weighted by Crippen LogP contribution is -2.13. The van der Waals surface area contributed by atoms with Crippen molar-refractivity contribution < 1.29 is 5.11 Å². The number of hydrogen-bond acceptors (Lipinski definition) is 3. The van der Waals surface area contributed by atoms with Crippen LogP contribution in [0.25, 0.3) is 0 Å². The van der Waals surface area contributed by atoms with Crippen LogP contribution in [0.2, 0.25) is 0 Å². The van der Waals surface area contributed by atoms with Crippen LogP contribution in [0.4, 0.5) is 0 Å². The second-order valence-corrected chi connectivity index (χ2v) is 5.12. The lowest BCUT2D eigenvalue weighted by molar-refractivity contribution is 0.261. The molecule has 0 saturated heterocycles. The molecule has 4 heteroatoms. The molecule has 1 aliphatic rings. The number of rotatable bonds is 4. The third kappa shape index (κ3) is 2.26. The average Bonchev–Trinajstić information content (AvgIpc) is 2.84. The van der Waals surface area contributed by atoms with Gasteiger partial charge in [0.2, 0.25) is 0 Å². The summed E-state index contributed by atoms with van der Waals surface area (Å²) >= 11 is 0. The van der Waals surface area contributed by atoms with Crippen molar-refractivity contribution in [3.05, 3.63) is 11.6 Å². The van der Waals surface area contributed by atoms with Crippen molar-refractivity contribution in [2.24, 2.45) is 5.92 Å². The van der Waals surface area contributed by atoms with Gasteiger partial charge in [0.05, 0.1) is 0 Å². The van der Waals surface area contributed by atoms with E-state index in [1.54, 1.807) is 0 Å². The molecular formula is C12H21N3O. The molecule has 1 heterocycles. The molecule has 1 aromatic rings. The quantitative estimate of drug-likeness (QED) is 0.850. The topological polar surface area (TPSA) is 50.9 Å². The number of aromatic nitrogens is 3. The van der Waals surface area contributed by atoms with Crippen LogP contribution in [0.15, 0.2) is 0 Å². The lowest BCUT2D eigenvalue weighted by Gasteiger charge is -2.15. The summed E-state index contributed by atoms with van der Waals surface area (Å²) in [6.07, 6.45) is 5.05. The Labute approximate surface area is 96.7 Å². The summed E-state index contributed by atoms with van der Waals surface area (Å²) in [6, 6.07) is 0. The lowest BCUT2D eigenvalue weighted by atomic mass is 10.1. The zero-order chi connectivity index (χ0) is 11.5. The van der Waals surface area contributed by atoms with E-state index in [1.807, 2.05) is 0 Å². The Hall–Kier alpha value is -0.900. The molecule has 16 heavy (non-hydrogen) atoms. The van der Waals surface area contributed by atoms with E-state index in [9.17, 15) is 5.11 Å². The zero-order valence-corrected chi connectivity index (χ0v) is 10.2. The molecular weight excluding hydrogens is 202 g/mol. The van der Waals surface area contributed by atoms with Crippen LogP contribution in [-0.4, -0.2) is 19.9 Å². The van der Waals surface area contributed by atoms with E-state index < -0.39 is 0 Å². The van der Waals surface area contributed by atoms with Crippen molar-refractivity contribution in [3.63, 3.8) is 0 Å². The minimum absolute atomic E-state index is 0.00750. The van der Waals surface area contributed by atoms with Crippen LogP contribution in [0.3, 0.4) is 0 Å². The number of nitrogens with zero attached hydrogens (tertiary/aromatic N) is 3. The molecule has 0 spiro atoms. The first-order valence-corrected chi connectivity index (χ1v) is 6.25. The fourth-order valence-electron chi connectivity index (χ4n) is 2.52. The molecule has 0 radical (unpaired) electrons. The first-order chi connectivity index (χ1) is 7.72. The monoisotopic (exact) mass is 223 g/mol. The number of aliphatic hydroxyl groups excluding tert-OH is 1. The highest BCUT2D eigenvalue weighted by atomic mass is 16.3. The third-order valence-electron chi connectivity index (χ3n) is 3.27. The normalized spacial score (nSPS) is 17.5. The Morgan fingerprint density at radius 2 is 2.00 bits per heavy atom. The maximum absolute atomic E-state index is 9.26. The van der Waals surface area contributed by atoms with Crippen LogP contribution < -0.4 is 0 Å². The van der Waals surface area contributed by atoms with Gasteiger partial charge in [-0.25, -0.2) is 0 Å². The second-order valence-electron chi connectivity index (χ2n) is 5.12. The molecule has 2 rings (SSSR count). The third-order valence-corrected chi connectivity index (χ3v) is 3.27. The molecule has 0 atom stereocenters. The molecule has 1 N–H and O–H groups in total. The maximum atomic E-state index is 9.26. The van der Waals surface area contributed by atoms with Gasteiger partial charge in [-0.15, -0.1) is 10.2 Å². The van der Waals surface area contributed by atoms with Crippen molar-refractivity contribution in [2.45, 2.75) is 58.6 Å².